The van der Waals surface area contributed by atoms with Crippen molar-refractivity contribution in [3.8, 4) is 11.5 Å². The lowest BCUT2D eigenvalue weighted by molar-refractivity contribution is -0.118. The van der Waals surface area contributed by atoms with E-state index in [1.165, 1.54) is 7.11 Å². The molecule has 7 heteroatoms. The van der Waals surface area contributed by atoms with Crippen LogP contribution in [0.1, 0.15) is 0 Å². The number of carbonyl (C=O) groups is 1. The second kappa shape index (κ2) is 6.27. The Bertz CT molecular complexity index is 897. The zero-order chi connectivity index (χ0) is 16.2. The van der Waals surface area contributed by atoms with Crippen LogP contribution < -0.4 is 20.5 Å². The van der Waals surface area contributed by atoms with Crippen molar-refractivity contribution in [3.63, 3.8) is 0 Å². The molecule has 23 heavy (non-hydrogen) atoms. The molecule has 0 unspecified atom stereocenters. The van der Waals surface area contributed by atoms with Crippen molar-refractivity contribution in [3.05, 3.63) is 52.9 Å². The lowest BCUT2D eigenvalue weighted by atomic mass is 10.3. The van der Waals surface area contributed by atoms with Crippen LogP contribution in [-0.2, 0) is 4.79 Å². The molecule has 0 saturated carbocycles. The zero-order valence-corrected chi connectivity index (χ0v) is 12.4. The third kappa shape index (κ3) is 3.34. The van der Waals surface area contributed by atoms with Gasteiger partial charge in [-0.2, -0.15) is 0 Å². The Morgan fingerprint density at radius 3 is 2.61 bits per heavy atom. The number of amides is 1. The number of methoxy groups -OCH3 is 1. The fraction of sp³-hybridized carbons (Fsp3) is 0.125. The molecule has 1 amide bonds. The van der Waals surface area contributed by atoms with Crippen molar-refractivity contribution in [1.29, 1.82) is 0 Å². The van der Waals surface area contributed by atoms with E-state index < -0.39 is 0 Å². The van der Waals surface area contributed by atoms with Gasteiger partial charge in [0.2, 0.25) is 0 Å². The van der Waals surface area contributed by atoms with Crippen LogP contribution in [0.4, 0.5) is 5.69 Å². The van der Waals surface area contributed by atoms with Gasteiger partial charge in [0.15, 0.2) is 18.1 Å². The van der Waals surface area contributed by atoms with E-state index in [2.05, 4.69) is 15.3 Å². The van der Waals surface area contributed by atoms with Gasteiger partial charge in [0.05, 0.1) is 18.1 Å². The number of benzene rings is 2. The molecule has 0 aliphatic heterocycles. The maximum atomic E-state index is 12.0. The van der Waals surface area contributed by atoms with E-state index in [1.54, 1.807) is 36.4 Å². The molecule has 0 spiro atoms. The van der Waals surface area contributed by atoms with Crippen LogP contribution in [0.3, 0.4) is 0 Å². The Morgan fingerprint density at radius 2 is 1.83 bits per heavy atom. The summed E-state index contributed by atoms with van der Waals surface area (Å²) in [4.78, 5) is 28.5. The SMILES string of the molecule is COc1ccccc1OCC(=O)Nc1ccc2[nH]c(=O)[nH]c2c1. The third-order valence-corrected chi connectivity index (χ3v) is 3.23. The van der Waals surface area contributed by atoms with Crippen LogP contribution in [0.5, 0.6) is 11.5 Å². The van der Waals surface area contributed by atoms with E-state index >= 15 is 0 Å². The van der Waals surface area contributed by atoms with E-state index in [0.717, 1.165) is 0 Å². The summed E-state index contributed by atoms with van der Waals surface area (Å²) in [5.41, 5.74) is 1.58. The average molecular weight is 313 g/mol. The number of hydrogen-bond donors (Lipinski definition) is 3. The minimum absolute atomic E-state index is 0.151. The maximum absolute atomic E-state index is 12.0. The number of ether oxygens (including phenoxy) is 2. The number of nitrogens with one attached hydrogen (secondary N) is 3. The van der Waals surface area contributed by atoms with Crippen LogP contribution >= 0.6 is 0 Å². The fourth-order valence-corrected chi connectivity index (χ4v) is 2.19. The number of para-hydroxylation sites is 2. The third-order valence-electron chi connectivity index (χ3n) is 3.23. The Kier molecular flexibility index (Phi) is 4.01. The second-order valence-electron chi connectivity index (χ2n) is 4.83. The Hall–Kier alpha value is -3.22. The lowest BCUT2D eigenvalue weighted by Crippen LogP contribution is -2.20. The molecule has 3 rings (SSSR count). The van der Waals surface area contributed by atoms with Gasteiger partial charge in [-0.15, -0.1) is 0 Å². The maximum Gasteiger partial charge on any atom is 0.323 e. The Balaban J connectivity index is 1.65. The quantitative estimate of drug-likeness (QED) is 0.670. The molecule has 7 nitrogen and oxygen atoms in total. The summed E-state index contributed by atoms with van der Waals surface area (Å²) in [6, 6.07) is 12.2. The molecule has 1 heterocycles. The Morgan fingerprint density at radius 1 is 1.09 bits per heavy atom. The van der Waals surface area contributed by atoms with Gasteiger partial charge in [0.25, 0.3) is 5.91 Å². The van der Waals surface area contributed by atoms with Gasteiger partial charge in [-0.05, 0) is 30.3 Å². The molecular formula is C16H15N3O4. The predicted molar refractivity (Wildman–Crippen MR) is 86.0 cm³/mol. The molecule has 0 saturated heterocycles. The van der Waals surface area contributed by atoms with Crippen molar-refractivity contribution < 1.29 is 14.3 Å². The van der Waals surface area contributed by atoms with Gasteiger partial charge >= 0.3 is 5.69 Å². The number of aromatic nitrogens is 2. The molecule has 3 N–H and O–H groups in total. The van der Waals surface area contributed by atoms with E-state index in [0.29, 0.717) is 28.2 Å². The summed E-state index contributed by atoms with van der Waals surface area (Å²) >= 11 is 0. The lowest BCUT2D eigenvalue weighted by Gasteiger charge is -2.10. The highest BCUT2D eigenvalue weighted by Crippen LogP contribution is 2.25. The number of fused-ring (bicyclic) bond motifs is 1. The molecule has 118 valence electrons. The molecule has 2 aromatic carbocycles. The molecule has 0 fully saturated rings. The standard InChI is InChI=1S/C16H15N3O4/c1-22-13-4-2-3-5-14(13)23-9-15(20)17-10-6-7-11-12(8-10)19-16(21)18-11/h2-8H,9H2,1H3,(H,17,20)(H2,18,19,21). The van der Waals surface area contributed by atoms with Gasteiger partial charge < -0.3 is 24.8 Å². The molecule has 0 aliphatic rings. The Labute approximate surface area is 131 Å². The summed E-state index contributed by atoms with van der Waals surface area (Å²) in [7, 11) is 1.54. The highest BCUT2D eigenvalue weighted by Gasteiger charge is 2.08. The van der Waals surface area contributed by atoms with Gasteiger partial charge in [-0.1, -0.05) is 12.1 Å². The van der Waals surface area contributed by atoms with E-state index in [1.807, 2.05) is 6.07 Å². The normalized spacial score (nSPS) is 10.5. The summed E-state index contributed by atoms with van der Waals surface area (Å²) in [6.07, 6.45) is 0. The molecular weight excluding hydrogens is 298 g/mol. The van der Waals surface area contributed by atoms with Gasteiger partial charge in [0.1, 0.15) is 0 Å². The first kappa shape index (κ1) is 14.7. The van der Waals surface area contributed by atoms with Crippen LogP contribution in [-0.4, -0.2) is 29.6 Å². The first-order valence-corrected chi connectivity index (χ1v) is 6.93. The minimum Gasteiger partial charge on any atom is -0.493 e. The second-order valence-corrected chi connectivity index (χ2v) is 4.83. The molecule has 0 radical (unpaired) electrons. The van der Waals surface area contributed by atoms with Crippen LogP contribution in [0.15, 0.2) is 47.3 Å². The number of anilines is 1. The predicted octanol–water partition coefficient (Wildman–Crippen LogP) is 1.88. The van der Waals surface area contributed by atoms with Crippen molar-refractivity contribution in [2.24, 2.45) is 0 Å². The molecule has 0 atom stereocenters. The zero-order valence-electron chi connectivity index (χ0n) is 12.4. The first-order chi connectivity index (χ1) is 11.2. The number of H-pyrrole nitrogens is 2. The monoisotopic (exact) mass is 313 g/mol. The van der Waals surface area contributed by atoms with Crippen LogP contribution in [0.2, 0.25) is 0 Å². The molecule has 0 aliphatic carbocycles. The van der Waals surface area contributed by atoms with Crippen LogP contribution in [0.25, 0.3) is 11.0 Å². The molecule has 0 bridgehead atoms. The van der Waals surface area contributed by atoms with Gasteiger partial charge in [-0.25, -0.2) is 4.79 Å². The summed E-state index contributed by atoms with van der Waals surface area (Å²) in [5.74, 6) is 0.746. The number of rotatable bonds is 5. The molecule has 1 aromatic heterocycles. The van der Waals surface area contributed by atoms with E-state index in [-0.39, 0.29) is 18.2 Å². The van der Waals surface area contributed by atoms with E-state index in [9.17, 15) is 9.59 Å². The highest BCUT2D eigenvalue weighted by molar-refractivity contribution is 5.93. The fourth-order valence-electron chi connectivity index (χ4n) is 2.19. The van der Waals surface area contributed by atoms with E-state index in [4.69, 9.17) is 9.47 Å². The average Bonchev–Trinajstić information content (AvgIpc) is 2.92. The van der Waals surface area contributed by atoms with Gasteiger partial charge in [-0.3, -0.25) is 4.79 Å². The number of carbonyl (C=O) groups excluding carboxylic acids is 1. The van der Waals surface area contributed by atoms with Crippen molar-refractivity contribution >= 4 is 22.6 Å². The van der Waals surface area contributed by atoms with Gasteiger partial charge in [0, 0.05) is 5.69 Å². The van der Waals surface area contributed by atoms with Crippen molar-refractivity contribution in [2.75, 3.05) is 19.0 Å². The van der Waals surface area contributed by atoms with Crippen molar-refractivity contribution in [1.82, 2.24) is 9.97 Å². The number of imidazole rings is 1. The highest BCUT2D eigenvalue weighted by atomic mass is 16.5. The smallest absolute Gasteiger partial charge is 0.323 e. The van der Waals surface area contributed by atoms with Crippen LogP contribution in [0, 0.1) is 0 Å². The largest absolute Gasteiger partial charge is 0.493 e. The number of aromatic amines is 2. The number of hydrogen-bond acceptors (Lipinski definition) is 4. The summed E-state index contributed by atoms with van der Waals surface area (Å²) in [5, 5.41) is 2.71. The van der Waals surface area contributed by atoms with Crippen molar-refractivity contribution in [2.45, 2.75) is 0 Å². The summed E-state index contributed by atoms with van der Waals surface area (Å²) < 4.78 is 10.6. The first-order valence-electron chi connectivity index (χ1n) is 6.93. The summed E-state index contributed by atoms with van der Waals surface area (Å²) in [6.45, 7) is -0.151. The molecule has 3 aromatic rings. The topological polar surface area (TPSA) is 96.2 Å². The minimum atomic E-state index is -0.312.